The van der Waals surface area contributed by atoms with Gasteiger partial charge in [0, 0.05) is 24.0 Å². The van der Waals surface area contributed by atoms with Crippen LogP contribution >= 0.6 is 0 Å². The van der Waals surface area contributed by atoms with Crippen LogP contribution in [-0.4, -0.2) is 34.4 Å². The zero-order chi connectivity index (χ0) is 11.8. The number of nitrogens with two attached hydrogens (primary N) is 1. The van der Waals surface area contributed by atoms with Gasteiger partial charge in [0.25, 0.3) is 0 Å². The number of hydrogen-bond acceptors (Lipinski definition) is 3. The highest BCUT2D eigenvalue weighted by Crippen LogP contribution is 2.27. The van der Waals surface area contributed by atoms with Gasteiger partial charge in [-0.15, -0.1) is 0 Å². The lowest BCUT2D eigenvalue weighted by Gasteiger charge is -2.27. The average Bonchev–Trinajstić information content (AvgIpc) is 2.72. The molecule has 0 spiro atoms. The summed E-state index contributed by atoms with van der Waals surface area (Å²) in [7, 11) is 2.18. The molecule has 3 rings (SSSR count). The largest absolute Gasteiger partial charge is 0.398 e. The summed E-state index contributed by atoms with van der Waals surface area (Å²) < 4.78 is 2.03. The molecule has 0 radical (unpaired) electrons. The molecule has 2 aromatic heterocycles. The van der Waals surface area contributed by atoms with Crippen molar-refractivity contribution in [3.05, 3.63) is 30.2 Å². The van der Waals surface area contributed by atoms with E-state index in [4.69, 9.17) is 10.7 Å². The summed E-state index contributed by atoms with van der Waals surface area (Å²) in [4.78, 5) is 7.07. The molecule has 0 atom stereocenters. The van der Waals surface area contributed by atoms with Gasteiger partial charge in [-0.05, 0) is 45.1 Å². The molecule has 1 saturated heterocycles. The molecule has 3 heterocycles. The van der Waals surface area contributed by atoms with E-state index in [1.165, 1.54) is 31.6 Å². The molecule has 0 saturated carbocycles. The Bertz CT molecular complexity index is 523. The van der Waals surface area contributed by atoms with Gasteiger partial charge in [-0.1, -0.05) is 0 Å². The minimum absolute atomic E-state index is 0.604. The summed E-state index contributed by atoms with van der Waals surface area (Å²) in [5.74, 6) is 0.604. The summed E-state index contributed by atoms with van der Waals surface area (Å²) in [6.07, 6.45) is 6.47. The normalized spacial score (nSPS) is 18.9. The Balaban J connectivity index is 1.90. The number of pyridine rings is 1. The predicted octanol–water partition coefficient (Wildman–Crippen LogP) is 1.73. The maximum absolute atomic E-state index is 5.77. The summed E-state index contributed by atoms with van der Waals surface area (Å²) in [5, 5.41) is 0. The molecule has 0 bridgehead atoms. The number of fused-ring (bicyclic) bond motifs is 1. The highest BCUT2D eigenvalue weighted by atomic mass is 15.1. The fourth-order valence-electron chi connectivity index (χ4n) is 2.53. The summed E-state index contributed by atoms with van der Waals surface area (Å²) in [6, 6.07) is 3.88. The van der Waals surface area contributed by atoms with Crippen molar-refractivity contribution in [2.75, 3.05) is 25.9 Å². The monoisotopic (exact) mass is 230 g/mol. The first kappa shape index (κ1) is 10.6. The first-order valence-electron chi connectivity index (χ1n) is 6.15. The Morgan fingerprint density at radius 3 is 2.76 bits per heavy atom. The zero-order valence-electron chi connectivity index (χ0n) is 10.1. The number of imidazole rings is 1. The van der Waals surface area contributed by atoms with Gasteiger partial charge < -0.3 is 15.0 Å². The number of nitrogen functional groups attached to an aromatic ring is 1. The Kier molecular flexibility index (Phi) is 2.52. The molecule has 90 valence electrons. The van der Waals surface area contributed by atoms with E-state index in [1.54, 1.807) is 0 Å². The standard InChI is InChI=1S/C13H18N4/c1-16-6-4-10(5-7-16)12-9-17-8-11(14)2-3-13(17)15-12/h2-3,8-10H,4-7,14H2,1H3. The van der Waals surface area contributed by atoms with Gasteiger partial charge in [0.2, 0.25) is 0 Å². The third-order valence-corrected chi connectivity index (χ3v) is 3.63. The third-order valence-electron chi connectivity index (χ3n) is 3.63. The quantitative estimate of drug-likeness (QED) is 0.811. The van der Waals surface area contributed by atoms with Gasteiger partial charge in [0.1, 0.15) is 5.65 Å². The van der Waals surface area contributed by atoms with Crippen LogP contribution in [0.15, 0.2) is 24.5 Å². The smallest absolute Gasteiger partial charge is 0.137 e. The molecule has 1 fully saturated rings. The van der Waals surface area contributed by atoms with E-state index in [-0.39, 0.29) is 0 Å². The molecular weight excluding hydrogens is 212 g/mol. The number of piperidine rings is 1. The number of anilines is 1. The predicted molar refractivity (Wildman–Crippen MR) is 69.1 cm³/mol. The van der Waals surface area contributed by atoms with Crippen molar-refractivity contribution in [3.8, 4) is 0 Å². The van der Waals surface area contributed by atoms with Crippen LogP contribution < -0.4 is 5.73 Å². The van der Waals surface area contributed by atoms with E-state index >= 15 is 0 Å². The number of likely N-dealkylation sites (tertiary alicyclic amines) is 1. The second-order valence-electron chi connectivity index (χ2n) is 4.97. The van der Waals surface area contributed by atoms with Gasteiger partial charge in [0.15, 0.2) is 0 Å². The summed E-state index contributed by atoms with van der Waals surface area (Å²) >= 11 is 0. The van der Waals surface area contributed by atoms with Crippen molar-refractivity contribution in [1.29, 1.82) is 0 Å². The first-order chi connectivity index (χ1) is 8.22. The molecule has 2 N–H and O–H groups in total. The van der Waals surface area contributed by atoms with Crippen LogP contribution in [0.5, 0.6) is 0 Å². The lowest BCUT2D eigenvalue weighted by atomic mass is 9.94. The van der Waals surface area contributed by atoms with Crippen LogP contribution in [0.2, 0.25) is 0 Å². The SMILES string of the molecule is CN1CCC(c2cn3cc(N)ccc3n2)CC1. The highest BCUT2D eigenvalue weighted by Gasteiger charge is 2.20. The van der Waals surface area contributed by atoms with Crippen LogP contribution in [0.4, 0.5) is 5.69 Å². The van der Waals surface area contributed by atoms with Crippen molar-refractivity contribution in [2.45, 2.75) is 18.8 Å². The van der Waals surface area contributed by atoms with Crippen molar-refractivity contribution >= 4 is 11.3 Å². The lowest BCUT2D eigenvalue weighted by molar-refractivity contribution is 0.253. The van der Waals surface area contributed by atoms with Gasteiger partial charge in [0.05, 0.1) is 5.69 Å². The Hall–Kier alpha value is -1.55. The van der Waals surface area contributed by atoms with Gasteiger partial charge in [-0.25, -0.2) is 4.98 Å². The molecule has 2 aromatic rings. The number of aromatic nitrogens is 2. The molecular formula is C13H18N4. The second kappa shape index (κ2) is 4.04. The third kappa shape index (κ3) is 2.00. The highest BCUT2D eigenvalue weighted by molar-refractivity contribution is 5.48. The minimum Gasteiger partial charge on any atom is -0.398 e. The van der Waals surface area contributed by atoms with Gasteiger partial charge in [-0.3, -0.25) is 0 Å². The maximum Gasteiger partial charge on any atom is 0.137 e. The van der Waals surface area contributed by atoms with E-state index < -0.39 is 0 Å². The van der Waals surface area contributed by atoms with Crippen molar-refractivity contribution in [3.63, 3.8) is 0 Å². The molecule has 0 aromatic carbocycles. The number of hydrogen-bond donors (Lipinski definition) is 1. The van der Waals surface area contributed by atoms with Crippen molar-refractivity contribution in [1.82, 2.24) is 14.3 Å². The summed E-state index contributed by atoms with van der Waals surface area (Å²) in [5.41, 5.74) is 8.76. The molecule has 17 heavy (non-hydrogen) atoms. The van der Waals surface area contributed by atoms with Crippen LogP contribution in [0, 0.1) is 0 Å². The molecule has 4 heteroatoms. The molecule has 0 aliphatic carbocycles. The molecule has 1 aliphatic rings. The van der Waals surface area contributed by atoms with E-state index in [2.05, 4.69) is 18.1 Å². The van der Waals surface area contributed by atoms with Crippen LogP contribution in [-0.2, 0) is 0 Å². The Morgan fingerprint density at radius 1 is 1.24 bits per heavy atom. The Morgan fingerprint density at radius 2 is 2.00 bits per heavy atom. The van der Waals surface area contributed by atoms with E-state index in [0.29, 0.717) is 5.92 Å². The topological polar surface area (TPSA) is 46.6 Å². The molecule has 4 nitrogen and oxygen atoms in total. The maximum atomic E-state index is 5.77. The molecule has 1 aliphatic heterocycles. The number of nitrogens with zero attached hydrogens (tertiary/aromatic N) is 3. The average molecular weight is 230 g/mol. The van der Waals surface area contributed by atoms with Crippen molar-refractivity contribution < 1.29 is 0 Å². The van der Waals surface area contributed by atoms with Crippen LogP contribution in [0.1, 0.15) is 24.5 Å². The van der Waals surface area contributed by atoms with Crippen LogP contribution in [0.25, 0.3) is 5.65 Å². The van der Waals surface area contributed by atoms with Crippen molar-refractivity contribution in [2.24, 2.45) is 0 Å². The fourth-order valence-corrected chi connectivity index (χ4v) is 2.53. The van der Waals surface area contributed by atoms with E-state index in [0.717, 1.165) is 11.3 Å². The summed E-state index contributed by atoms with van der Waals surface area (Å²) in [6.45, 7) is 2.33. The molecule has 0 amide bonds. The lowest BCUT2D eigenvalue weighted by Crippen LogP contribution is -2.29. The number of rotatable bonds is 1. The first-order valence-corrected chi connectivity index (χ1v) is 6.15. The van der Waals surface area contributed by atoms with Crippen LogP contribution in [0.3, 0.4) is 0 Å². The molecule has 0 unspecified atom stereocenters. The van der Waals surface area contributed by atoms with Gasteiger partial charge in [-0.2, -0.15) is 0 Å². The van der Waals surface area contributed by atoms with E-state index in [1.807, 2.05) is 22.7 Å². The Labute approximate surface area is 101 Å². The minimum atomic E-state index is 0.604. The zero-order valence-corrected chi connectivity index (χ0v) is 10.1. The van der Waals surface area contributed by atoms with Gasteiger partial charge >= 0.3 is 0 Å². The fraction of sp³-hybridized carbons (Fsp3) is 0.462. The second-order valence-corrected chi connectivity index (χ2v) is 4.97. The van der Waals surface area contributed by atoms with E-state index in [9.17, 15) is 0 Å².